The molecule has 2 N–H and O–H groups in total. The normalized spacial score (nSPS) is 11.6. The van der Waals surface area contributed by atoms with E-state index in [1.807, 2.05) is 18.3 Å². The summed E-state index contributed by atoms with van der Waals surface area (Å²) in [6.45, 7) is 0.358. The van der Waals surface area contributed by atoms with Gasteiger partial charge < -0.3 is 10.3 Å². The highest BCUT2D eigenvalue weighted by molar-refractivity contribution is 7.90. The van der Waals surface area contributed by atoms with Crippen LogP contribution in [0.25, 0.3) is 10.9 Å². The summed E-state index contributed by atoms with van der Waals surface area (Å²) in [4.78, 5) is 14.9. The van der Waals surface area contributed by atoms with Gasteiger partial charge in [-0.15, -0.1) is 0 Å². The minimum absolute atomic E-state index is 0.0874. The van der Waals surface area contributed by atoms with Gasteiger partial charge in [0.15, 0.2) is 0 Å². The first-order valence-corrected chi connectivity index (χ1v) is 8.05. The Bertz CT molecular complexity index is 689. The average Bonchev–Trinajstić information content (AvgIpc) is 2.80. The van der Waals surface area contributed by atoms with E-state index in [1.165, 1.54) is 6.26 Å². The third kappa shape index (κ3) is 3.82. The Morgan fingerprint density at radius 1 is 1.32 bits per heavy atom. The maximum Gasteiger partial charge on any atom is 0.251 e. The van der Waals surface area contributed by atoms with Crippen LogP contribution in [0, 0.1) is 0 Å². The van der Waals surface area contributed by atoms with E-state index in [2.05, 4.69) is 10.3 Å². The van der Waals surface area contributed by atoms with Crippen molar-refractivity contribution in [2.75, 3.05) is 18.6 Å². The van der Waals surface area contributed by atoms with Gasteiger partial charge in [-0.05, 0) is 30.7 Å². The smallest absolute Gasteiger partial charge is 0.251 e. The molecule has 0 spiro atoms. The molecule has 0 fully saturated rings. The van der Waals surface area contributed by atoms with Crippen LogP contribution in [0.2, 0.25) is 0 Å². The number of H-pyrrole nitrogens is 1. The first-order valence-electron chi connectivity index (χ1n) is 5.99. The fraction of sp³-hybridized carbons (Fsp3) is 0.308. The molecule has 2 rings (SSSR count). The summed E-state index contributed by atoms with van der Waals surface area (Å²) in [6.07, 6.45) is 3.43. The Morgan fingerprint density at radius 3 is 2.84 bits per heavy atom. The molecule has 1 heterocycles. The molecule has 2 aromatic rings. The van der Waals surface area contributed by atoms with Gasteiger partial charge in [0.05, 0.1) is 5.75 Å². The Kier molecular flexibility index (Phi) is 3.90. The van der Waals surface area contributed by atoms with Gasteiger partial charge in [-0.25, -0.2) is 8.42 Å². The zero-order valence-electron chi connectivity index (χ0n) is 10.6. The number of aromatic nitrogens is 1. The molecular weight excluding hydrogens is 264 g/mol. The Morgan fingerprint density at radius 2 is 2.11 bits per heavy atom. The number of nitrogens with one attached hydrogen (secondary N) is 2. The SMILES string of the molecule is CS(=O)(=O)CCCNC(=O)c1ccc2[nH]ccc2c1. The molecule has 19 heavy (non-hydrogen) atoms. The molecule has 0 unspecified atom stereocenters. The van der Waals surface area contributed by atoms with Crippen molar-refractivity contribution in [1.29, 1.82) is 0 Å². The number of carbonyl (C=O) groups is 1. The first-order chi connectivity index (χ1) is 8.96. The monoisotopic (exact) mass is 280 g/mol. The number of carbonyl (C=O) groups excluding carboxylic acids is 1. The lowest BCUT2D eigenvalue weighted by Crippen LogP contribution is -2.25. The van der Waals surface area contributed by atoms with Crippen LogP contribution in [0.15, 0.2) is 30.5 Å². The minimum atomic E-state index is -2.96. The van der Waals surface area contributed by atoms with Gasteiger partial charge in [0.25, 0.3) is 5.91 Å². The van der Waals surface area contributed by atoms with E-state index >= 15 is 0 Å². The van der Waals surface area contributed by atoms with E-state index in [1.54, 1.807) is 12.1 Å². The molecule has 0 radical (unpaired) electrons. The van der Waals surface area contributed by atoms with Crippen LogP contribution in [0.3, 0.4) is 0 Å². The van der Waals surface area contributed by atoms with Crippen LogP contribution in [-0.2, 0) is 9.84 Å². The Hall–Kier alpha value is -1.82. The van der Waals surface area contributed by atoms with Crippen LogP contribution in [0.4, 0.5) is 0 Å². The van der Waals surface area contributed by atoms with Gasteiger partial charge in [0, 0.05) is 35.5 Å². The highest BCUT2D eigenvalue weighted by Gasteiger charge is 2.07. The number of hydrogen-bond donors (Lipinski definition) is 2. The van der Waals surface area contributed by atoms with Gasteiger partial charge >= 0.3 is 0 Å². The highest BCUT2D eigenvalue weighted by Crippen LogP contribution is 2.14. The number of aromatic amines is 1. The van der Waals surface area contributed by atoms with Crippen molar-refractivity contribution in [3.8, 4) is 0 Å². The van der Waals surface area contributed by atoms with Crippen molar-refractivity contribution in [3.05, 3.63) is 36.0 Å². The molecule has 0 saturated carbocycles. The predicted molar refractivity (Wildman–Crippen MR) is 75.0 cm³/mol. The van der Waals surface area contributed by atoms with Crippen molar-refractivity contribution in [2.45, 2.75) is 6.42 Å². The summed E-state index contributed by atoms with van der Waals surface area (Å²) < 4.78 is 21.9. The Labute approximate surface area is 111 Å². The second-order valence-electron chi connectivity index (χ2n) is 4.52. The molecule has 1 aromatic heterocycles. The molecular formula is C13H16N2O3S. The van der Waals surface area contributed by atoms with Crippen LogP contribution >= 0.6 is 0 Å². The van der Waals surface area contributed by atoms with Gasteiger partial charge in [-0.2, -0.15) is 0 Å². The fourth-order valence-electron chi connectivity index (χ4n) is 1.83. The van der Waals surface area contributed by atoms with E-state index in [0.29, 0.717) is 18.5 Å². The van der Waals surface area contributed by atoms with Crippen LogP contribution in [0.1, 0.15) is 16.8 Å². The standard InChI is InChI=1S/C13H16N2O3S/c1-19(17,18)8-2-6-15-13(16)11-3-4-12-10(9-11)5-7-14-12/h3-5,7,9,14H,2,6,8H2,1H3,(H,15,16). The quantitative estimate of drug-likeness (QED) is 0.811. The van der Waals surface area contributed by atoms with E-state index in [4.69, 9.17) is 0 Å². The summed E-state index contributed by atoms with van der Waals surface area (Å²) in [6, 6.07) is 7.29. The van der Waals surface area contributed by atoms with Crippen molar-refractivity contribution in [3.63, 3.8) is 0 Å². The number of hydrogen-bond acceptors (Lipinski definition) is 3. The summed E-state index contributed by atoms with van der Waals surface area (Å²) in [5.41, 5.74) is 1.56. The van der Waals surface area contributed by atoms with Crippen molar-refractivity contribution in [2.24, 2.45) is 0 Å². The number of rotatable bonds is 5. The molecule has 0 aliphatic carbocycles. The zero-order chi connectivity index (χ0) is 13.9. The summed E-state index contributed by atoms with van der Waals surface area (Å²) in [5.74, 6) is -0.0963. The van der Waals surface area contributed by atoms with Gasteiger partial charge in [-0.1, -0.05) is 0 Å². The Balaban J connectivity index is 1.92. The van der Waals surface area contributed by atoms with Crippen molar-refractivity contribution >= 4 is 26.6 Å². The molecule has 0 bridgehead atoms. The largest absolute Gasteiger partial charge is 0.361 e. The lowest BCUT2D eigenvalue weighted by atomic mass is 10.1. The lowest BCUT2D eigenvalue weighted by Gasteiger charge is -2.05. The van der Waals surface area contributed by atoms with Crippen molar-refractivity contribution < 1.29 is 13.2 Å². The van der Waals surface area contributed by atoms with Gasteiger partial charge in [0.1, 0.15) is 9.84 Å². The summed E-state index contributed by atoms with van der Waals surface area (Å²) in [7, 11) is -2.96. The zero-order valence-corrected chi connectivity index (χ0v) is 11.5. The number of sulfone groups is 1. The maximum atomic E-state index is 11.9. The van der Waals surface area contributed by atoms with E-state index in [-0.39, 0.29) is 11.7 Å². The summed E-state index contributed by atoms with van der Waals surface area (Å²) in [5, 5.41) is 3.69. The van der Waals surface area contributed by atoms with Crippen molar-refractivity contribution in [1.82, 2.24) is 10.3 Å². The van der Waals surface area contributed by atoms with E-state index in [0.717, 1.165) is 10.9 Å². The molecule has 0 aliphatic rings. The molecule has 0 atom stereocenters. The molecule has 5 nitrogen and oxygen atoms in total. The lowest BCUT2D eigenvalue weighted by molar-refractivity contribution is 0.0954. The maximum absolute atomic E-state index is 11.9. The van der Waals surface area contributed by atoms with Crippen LogP contribution in [0.5, 0.6) is 0 Å². The van der Waals surface area contributed by atoms with Crippen LogP contribution in [-0.4, -0.2) is 37.9 Å². The number of benzene rings is 1. The molecule has 102 valence electrons. The van der Waals surface area contributed by atoms with E-state index in [9.17, 15) is 13.2 Å². The number of amides is 1. The van der Waals surface area contributed by atoms with Gasteiger partial charge in [0.2, 0.25) is 0 Å². The predicted octanol–water partition coefficient (Wildman–Crippen LogP) is 1.33. The third-order valence-corrected chi connectivity index (χ3v) is 3.82. The van der Waals surface area contributed by atoms with E-state index < -0.39 is 9.84 Å². The fourth-order valence-corrected chi connectivity index (χ4v) is 2.50. The first kappa shape index (κ1) is 13.6. The number of fused-ring (bicyclic) bond motifs is 1. The minimum Gasteiger partial charge on any atom is -0.361 e. The topological polar surface area (TPSA) is 79.0 Å². The molecule has 0 aliphatic heterocycles. The molecule has 1 amide bonds. The highest BCUT2D eigenvalue weighted by atomic mass is 32.2. The summed E-state index contributed by atoms with van der Waals surface area (Å²) >= 11 is 0. The second-order valence-corrected chi connectivity index (χ2v) is 6.78. The van der Waals surface area contributed by atoms with Crippen LogP contribution < -0.4 is 5.32 Å². The third-order valence-electron chi connectivity index (χ3n) is 2.79. The molecule has 6 heteroatoms. The van der Waals surface area contributed by atoms with Gasteiger partial charge in [-0.3, -0.25) is 4.79 Å². The second kappa shape index (κ2) is 5.44. The molecule has 1 aromatic carbocycles. The average molecular weight is 280 g/mol. The molecule has 0 saturated heterocycles.